The Morgan fingerprint density at radius 1 is 1.16 bits per heavy atom. The number of pyridine rings is 1. The van der Waals surface area contributed by atoms with Crippen LogP contribution in [0.15, 0.2) is 48.8 Å². The molecule has 1 N–H and O–H groups in total. The number of carbonyl (C=O) groups is 2. The summed E-state index contributed by atoms with van der Waals surface area (Å²) in [6, 6.07) is 12.2. The number of hydrogen-bond donors (Lipinski definition) is 1. The van der Waals surface area contributed by atoms with Gasteiger partial charge in [-0.2, -0.15) is 5.26 Å². The lowest BCUT2D eigenvalue weighted by molar-refractivity contribution is 0.0697. The second-order valence-corrected chi connectivity index (χ2v) is 5.97. The molecule has 0 atom stereocenters. The van der Waals surface area contributed by atoms with Crippen molar-refractivity contribution in [2.24, 2.45) is 0 Å². The molecule has 1 aliphatic heterocycles. The first-order chi connectivity index (χ1) is 12.2. The van der Waals surface area contributed by atoms with E-state index in [0.717, 1.165) is 0 Å². The number of likely N-dealkylation sites (tertiary alicyclic amines) is 1. The third-order valence-corrected chi connectivity index (χ3v) is 4.28. The van der Waals surface area contributed by atoms with E-state index < -0.39 is 0 Å². The van der Waals surface area contributed by atoms with Gasteiger partial charge in [-0.3, -0.25) is 14.6 Å². The van der Waals surface area contributed by atoms with Crippen LogP contribution >= 0.6 is 0 Å². The van der Waals surface area contributed by atoms with E-state index in [1.165, 1.54) is 0 Å². The second-order valence-electron chi connectivity index (χ2n) is 5.97. The highest BCUT2D eigenvalue weighted by atomic mass is 16.2. The van der Waals surface area contributed by atoms with E-state index in [-0.39, 0.29) is 17.9 Å². The molecule has 126 valence electrons. The molecule has 3 rings (SSSR count). The van der Waals surface area contributed by atoms with Gasteiger partial charge < -0.3 is 10.2 Å². The first-order valence-corrected chi connectivity index (χ1v) is 8.17. The highest BCUT2D eigenvalue weighted by molar-refractivity contribution is 5.95. The maximum atomic E-state index is 12.4. The van der Waals surface area contributed by atoms with Crippen molar-refractivity contribution in [2.45, 2.75) is 18.9 Å². The molecule has 0 unspecified atom stereocenters. The third kappa shape index (κ3) is 4.01. The zero-order chi connectivity index (χ0) is 17.6. The predicted molar refractivity (Wildman–Crippen MR) is 91.8 cm³/mol. The number of amides is 2. The molecule has 0 bridgehead atoms. The number of hydrogen-bond acceptors (Lipinski definition) is 4. The fourth-order valence-corrected chi connectivity index (χ4v) is 2.90. The van der Waals surface area contributed by atoms with E-state index in [1.807, 2.05) is 6.07 Å². The van der Waals surface area contributed by atoms with Gasteiger partial charge in [0, 0.05) is 37.1 Å². The molecular weight excluding hydrogens is 316 g/mol. The number of benzene rings is 1. The summed E-state index contributed by atoms with van der Waals surface area (Å²) in [7, 11) is 0. The van der Waals surface area contributed by atoms with Gasteiger partial charge in [0.15, 0.2) is 0 Å². The van der Waals surface area contributed by atoms with Crippen LogP contribution in [0.2, 0.25) is 0 Å². The molecule has 0 radical (unpaired) electrons. The van der Waals surface area contributed by atoms with Crippen molar-refractivity contribution in [2.75, 3.05) is 13.1 Å². The van der Waals surface area contributed by atoms with Crippen LogP contribution in [0.25, 0.3) is 0 Å². The first-order valence-electron chi connectivity index (χ1n) is 8.17. The summed E-state index contributed by atoms with van der Waals surface area (Å²) in [5, 5.41) is 11.9. The monoisotopic (exact) mass is 334 g/mol. The van der Waals surface area contributed by atoms with E-state index in [9.17, 15) is 9.59 Å². The molecule has 6 heteroatoms. The molecule has 2 aromatic rings. The Morgan fingerprint density at radius 3 is 2.60 bits per heavy atom. The van der Waals surface area contributed by atoms with E-state index in [1.54, 1.807) is 53.7 Å². The first kappa shape index (κ1) is 16.7. The summed E-state index contributed by atoms with van der Waals surface area (Å²) in [5.74, 6) is -0.214. The molecule has 1 aliphatic rings. The van der Waals surface area contributed by atoms with E-state index >= 15 is 0 Å². The summed E-state index contributed by atoms with van der Waals surface area (Å²) in [6.45, 7) is 1.19. The lowest BCUT2D eigenvalue weighted by atomic mass is 10.0. The number of nitrogens with zero attached hydrogens (tertiary/aromatic N) is 3. The summed E-state index contributed by atoms with van der Waals surface area (Å²) in [4.78, 5) is 30.5. The molecule has 6 nitrogen and oxygen atoms in total. The quantitative estimate of drug-likeness (QED) is 0.930. The lowest BCUT2D eigenvalue weighted by Gasteiger charge is -2.32. The van der Waals surface area contributed by atoms with Crippen LogP contribution in [0.5, 0.6) is 0 Å². The van der Waals surface area contributed by atoms with Crippen molar-refractivity contribution < 1.29 is 9.59 Å². The van der Waals surface area contributed by atoms with Gasteiger partial charge in [0.05, 0.1) is 17.2 Å². The molecule has 0 spiro atoms. The van der Waals surface area contributed by atoms with Crippen LogP contribution in [-0.4, -0.2) is 40.8 Å². The minimum Gasteiger partial charge on any atom is -0.349 e. The Bertz CT molecular complexity index is 806. The second kappa shape index (κ2) is 7.58. The maximum absolute atomic E-state index is 12.4. The molecule has 25 heavy (non-hydrogen) atoms. The number of nitrogens with one attached hydrogen (secondary N) is 1. The topological polar surface area (TPSA) is 86.1 Å². The standard InChI is InChI=1S/C19H18N4O2/c20-12-14-3-1-4-15(11-14)18(24)22-17-6-9-23(10-7-17)19(25)16-5-2-8-21-13-16/h1-5,8,11,13,17H,6-7,9-10H2,(H,22,24). The Morgan fingerprint density at radius 2 is 1.92 bits per heavy atom. The van der Waals surface area contributed by atoms with Gasteiger partial charge in [-0.25, -0.2) is 0 Å². The molecular formula is C19H18N4O2. The molecule has 1 aromatic carbocycles. The Hall–Kier alpha value is -3.20. The van der Waals surface area contributed by atoms with Crippen LogP contribution in [0.1, 0.15) is 39.1 Å². The molecule has 0 aliphatic carbocycles. The molecule has 2 heterocycles. The average Bonchev–Trinajstić information content (AvgIpc) is 2.68. The van der Waals surface area contributed by atoms with Crippen LogP contribution < -0.4 is 5.32 Å². The normalized spacial score (nSPS) is 14.6. The van der Waals surface area contributed by atoms with Crippen molar-refractivity contribution >= 4 is 11.8 Å². The van der Waals surface area contributed by atoms with Crippen LogP contribution in [0.3, 0.4) is 0 Å². The fourth-order valence-electron chi connectivity index (χ4n) is 2.90. The summed E-state index contributed by atoms with van der Waals surface area (Å²) >= 11 is 0. The SMILES string of the molecule is N#Cc1cccc(C(=O)NC2CCN(C(=O)c3cccnc3)CC2)c1. The van der Waals surface area contributed by atoms with Gasteiger partial charge in [-0.05, 0) is 43.2 Å². The number of aromatic nitrogens is 1. The highest BCUT2D eigenvalue weighted by Crippen LogP contribution is 2.14. The Kier molecular flexibility index (Phi) is 5.05. The third-order valence-electron chi connectivity index (χ3n) is 4.28. The summed E-state index contributed by atoms with van der Waals surface area (Å²) in [6.07, 6.45) is 4.61. The Labute approximate surface area is 146 Å². The zero-order valence-electron chi connectivity index (χ0n) is 13.7. The largest absolute Gasteiger partial charge is 0.349 e. The molecule has 1 saturated heterocycles. The van der Waals surface area contributed by atoms with E-state index in [2.05, 4.69) is 10.3 Å². The average molecular weight is 334 g/mol. The van der Waals surface area contributed by atoms with Crippen molar-refractivity contribution in [1.82, 2.24) is 15.2 Å². The van der Waals surface area contributed by atoms with E-state index in [0.29, 0.717) is 42.6 Å². The maximum Gasteiger partial charge on any atom is 0.255 e. The minimum absolute atomic E-state index is 0.0243. The number of carbonyl (C=O) groups excluding carboxylic acids is 2. The van der Waals surface area contributed by atoms with Crippen molar-refractivity contribution in [3.63, 3.8) is 0 Å². The van der Waals surface area contributed by atoms with Gasteiger partial charge in [-0.1, -0.05) is 6.07 Å². The summed E-state index contributed by atoms with van der Waals surface area (Å²) in [5.41, 5.74) is 1.52. The number of rotatable bonds is 3. The lowest BCUT2D eigenvalue weighted by Crippen LogP contribution is -2.46. The minimum atomic E-state index is -0.186. The number of piperidine rings is 1. The van der Waals surface area contributed by atoms with Crippen LogP contribution in [0.4, 0.5) is 0 Å². The molecule has 1 fully saturated rings. The van der Waals surface area contributed by atoms with Crippen molar-refractivity contribution in [3.05, 3.63) is 65.5 Å². The molecule has 0 saturated carbocycles. The van der Waals surface area contributed by atoms with Gasteiger partial charge in [0.25, 0.3) is 11.8 Å². The van der Waals surface area contributed by atoms with Gasteiger partial charge >= 0.3 is 0 Å². The zero-order valence-corrected chi connectivity index (χ0v) is 13.7. The summed E-state index contributed by atoms with van der Waals surface area (Å²) < 4.78 is 0. The number of nitriles is 1. The van der Waals surface area contributed by atoms with Crippen LogP contribution in [-0.2, 0) is 0 Å². The van der Waals surface area contributed by atoms with Gasteiger partial charge in [0.2, 0.25) is 0 Å². The van der Waals surface area contributed by atoms with Gasteiger partial charge in [-0.15, -0.1) is 0 Å². The smallest absolute Gasteiger partial charge is 0.255 e. The fraction of sp³-hybridized carbons (Fsp3) is 0.263. The molecule has 2 amide bonds. The Balaban J connectivity index is 1.55. The predicted octanol–water partition coefficient (Wildman–Crippen LogP) is 1.99. The highest BCUT2D eigenvalue weighted by Gasteiger charge is 2.25. The van der Waals surface area contributed by atoms with Crippen molar-refractivity contribution in [1.29, 1.82) is 5.26 Å². The van der Waals surface area contributed by atoms with Gasteiger partial charge in [0.1, 0.15) is 0 Å². The van der Waals surface area contributed by atoms with Crippen LogP contribution in [0, 0.1) is 11.3 Å². The molecule has 1 aromatic heterocycles. The van der Waals surface area contributed by atoms with E-state index in [4.69, 9.17) is 5.26 Å². The van der Waals surface area contributed by atoms with Crippen molar-refractivity contribution in [3.8, 4) is 6.07 Å².